The van der Waals surface area contributed by atoms with Crippen LogP contribution in [0.3, 0.4) is 0 Å². The van der Waals surface area contributed by atoms with Crippen molar-refractivity contribution >= 4 is 25.7 Å². The molecule has 3 heteroatoms. The van der Waals surface area contributed by atoms with Crippen LogP contribution in [0, 0.1) is 0 Å². The molecular weight excluding hydrogens is 258 g/mol. The number of hydrogen-bond donors (Lipinski definition) is 0. The van der Waals surface area contributed by atoms with E-state index < -0.39 is 5.83 Å². The molecule has 14 heavy (non-hydrogen) atoms. The fourth-order valence-corrected chi connectivity index (χ4v) is 9.03. The normalized spacial score (nSPS) is 16.3. The van der Waals surface area contributed by atoms with E-state index in [1.54, 1.807) is 0 Å². The van der Waals surface area contributed by atoms with Gasteiger partial charge in [-0.25, -0.2) is 0 Å². The third kappa shape index (κ3) is 2.14. The monoisotopic (exact) mass is 276 g/mol. The van der Waals surface area contributed by atoms with Gasteiger partial charge in [0, 0.05) is 0 Å². The van der Waals surface area contributed by atoms with Crippen LogP contribution >= 0.6 is 5.83 Å². The molecule has 0 N–H and O–H groups in total. The summed E-state index contributed by atoms with van der Waals surface area (Å²) in [5.74, 6) is -0.0985. The van der Waals surface area contributed by atoms with Gasteiger partial charge in [0.2, 0.25) is 0 Å². The second-order valence-corrected chi connectivity index (χ2v) is 13.1. The fraction of sp³-hybridized carbons (Fsp3) is 0.455. The Bertz CT molecular complexity index is 340. The van der Waals surface area contributed by atoms with Gasteiger partial charge in [-0.3, -0.25) is 0 Å². The Balaban J connectivity index is 3.23. The van der Waals surface area contributed by atoms with Crippen molar-refractivity contribution in [2.45, 2.75) is 31.7 Å². The molecule has 0 aliphatic carbocycles. The molecule has 78 valence electrons. The number of benzene rings is 1. The Hall–Kier alpha value is -0.0305. The molecule has 0 saturated carbocycles. The molecule has 0 heterocycles. The van der Waals surface area contributed by atoms with Crippen molar-refractivity contribution < 1.29 is 4.57 Å². The van der Waals surface area contributed by atoms with E-state index in [9.17, 15) is 4.57 Å². The van der Waals surface area contributed by atoms with Crippen molar-refractivity contribution in [3.05, 3.63) is 30.3 Å². The van der Waals surface area contributed by atoms with Gasteiger partial charge in [0.15, 0.2) is 0 Å². The van der Waals surface area contributed by atoms with Crippen molar-refractivity contribution in [1.29, 1.82) is 0 Å². The van der Waals surface area contributed by atoms with Crippen molar-refractivity contribution in [3.63, 3.8) is 0 Å². The van der Waals surface area contributed by atoms with Crippen LogP contribution in [0.2, 0.25) is 5.82 Å². The second-order valence-electron chi connectivity index (χ2n) is 4.24. The topological polar surface area (TPSA) is 17.1 Å². The van der Waals surface area contributed by atoms with E-state index in [1.165, 1.54) is 0 Å². The summed E-state index contributed by atoms with van der Waals surface area (Å²) in [5.41, 5.74) is 0. The summed E-state index contributed by atoms with van der Waals surface area (Å²) in [5, 5.41) is 0.929. The van der Waals surface area contributed by atoms with Gasteiger partial charge < -0.3 is 0 Å². The van der Waals surface area contributed by atoms with Gasteiger partial charge in [-0.2, -0.15) is 0 Å². The van der Waals surface area contributed by atoms with Crippen LogP contribution in [-0.4, -0.2) is 19.7 Å². The molecule has 1 atom stereocenters. The first-order valence-corrected chi connectivity index (χ1v) is 10.3. The standard InChI is InChI=1S/C11H17OPSe/c1-11(2,3)13(12,14-4)10-8-6-5-7-9-10/h5-9H,1-4H3. The van der Waals surface area contributed by atoms with Crippen LogP contribution in [0.15, 0.2) is 30.3 Å². The Kier molecular flexibility index (Phi) is 3.63. The van der Waals surface area contributed by atoms with Crippen molar-refractivity contribution in [3.8, 4) is 0 Å². The summed E-state index contributed by atoms with van der Waals surface area (Å²) in [4.78, 5) is 0. The molecule has 0 aliphatic heterocycles. The summed E-state index contributed by atoms with van der Waals surface area (Å²) in [6.07, 6.45) is 0. The molecule has 0 spiro atoms. The van der Waals surface area contributed by atoms with Gasteiger partial charge in [0.1, 0.15) is 0 Å². The van der Waals surface area contributed by atoms with Crippen LogP contribution in [0.1, 0.15) is 20.8 Å². The van der Waals surface area contributed by atoms with E-state index in [0.29, 0.717) is 0 Å². The van der Waals surface area contributed by atoms with Crippen LogP contribution < -0.4 is 5.30 Å². The van der Waals surface area contributed by atoms with Crippen LogP contribution in [-0.2, 0) is 4.57 Å². The summed E-state index contributed by atoms with van der Waals surface area (Å²) in [6.45, 7) is 6.23. The Morgan fingerprint density at radius 3 is 2.00 bits per heavy atom. The Morgan fingerprint density at radius 1 is 1.14 bits per heavy atom. The molecule has 0 saturated heterocycles. The van der Waals surface area contributed by atoms with Crippen LogP contribution in [0.4, 0.5) is 0 Å². The molecule has 0 radical (unpaired) electrons. The molecule has 0 aliphatic rings. The van der Waals surface area contributed by atoms with E-state index >= 15 is 0 Å². The first kappa shape index (κ1) is 12.0. The van der Waals surface area contributed by atoms with Crippen LogP contribution in [0.25, 0.3) is 0 Å². The fourth-order valence-electron chi connectivity index (χ4n) is 1.39. The molecule has 1 aromatic carbocycles. The first-order chi connectivity index (χ1) is 6.42. The first-order valence-electron chi connectivity index (χ1n) is 4.63. The van der Waals surface area contributed by atoms with Crippen molar-refractivity contribution in [1.82, 2.24) is 0 Å². The maximum atomic E-state index is 12.8. The van der Waals surface area contributed by atoms with E-state index in [4.69, 9.17) is 0 Å². The zero-order valence-corrected chi connectivity index (χ0v) is 11.8. The van der Waals surface area contributed by atoms with Gasteiger partial charge >= 0.3 is 92.3 Å². The third-order valence-electron chi connectivity index (χ3n) is 2.24. The van der Waals surface area contributed by atoms with Gasteiger partial charge in [-0.1, -0.05) is 0 Å². The molecule has 0 bridgehead atoms. The molecule has 0 fully saturated rings. The van der Waals surface area contributed by atoms with Crippen molar-refractivity contribution in [2.24, 2.45) is 0 Å². The minimum atomic E-state index is -2.17. The predicted octanol–water partition coefficient (Wildman–Crippen LogP) is 3.14. The number of rotatable bonds is 2. The molecule has 0 aromatic heterocycles. The van der Waals surface area contributed by atoms with Crippen LogP contribution in [0.5, 0.6) is 0 Å². The van der Waals surface area contributed by atoms with Gasteiger partial charge in [-0.05, 0) is 0 Å². The average Bonchev–Trinajstić information content (AvgIpc) is 2.16. The molecule has 1 aromatic rings. The summed E-state index contributed by atoms with van der Waals surface area (Å²) in [6, 6.07) is 9.91. The predicted molar refractivity (Wildman–Crippen MR) is 65.1 cm³/mol. The molecular formula is C11H17OPSe. The van der Waals surface area contributed by atoms with Crippen molar-refractivity contribution in [2.75, 3.05) is 0 Å². The zero-order valence-electron chi connectivity index (χ0n) is 9.15. The quantitative estimate of drug-likeness (QED) is 0.598. The Labute approximate surface area is 92.4 Å². The third-order valence-corrected chi connectivity index (χ3v) is 13.5. The molecule has 1 nitrogen and oxygen atoms in total. The number of hydrogen-bond acceptors (Lipinski definition) is 1. The SMILES string of the molecule is C[Se]P(=O)(c1ccccc1)C(C)(C)C. The summed E-state index contributed by atoms with van der Waals surface area (Å²) >= 11 is 0.173. The molecule has 1 rings (SSSR count). The average molecular weight is 275 g/mol. The molecule has 1 unspecified atom stereocenters. The van der Waals surface area contributed by atoms with E-state index in [2.05, 4.69) is 26.6 Å². The van der Waals surface area contributed by atoms with E-state index in [-0.39, 0.29) is 19.7 Å². The van der Waals surface area contributed by atoms with Gasteiger partial charge in [0.25, 0.3) is 0 Å². The van der Waals surface area contributed by atoms with E-state index in [1.807, 2.05) is 30.3 Å². The summed E-state index contributed by atoms with van der Waals surface area (Å²) < 4.78 is 12.8. The minimum absolute atomic E-state index is 0.108. The Morgan fingerprint density at radius 2 is 1.64 bits per heavy atom. The summed E-state index contributed by atoms with van der Waals surface area (Å²) in [7, 11) is 0. The van der Waals surface area contributed by atoms with E-state index in [0.717, 1.165) is 5.30 Å². The second kappa shape index (κ2) is 4.23. The zero-order chi connectivity index (χ0) is 10.8. The molecule has 0 amide bonds. The van der Waals surface area contributed by atoms with Gasteiger partial charge in [-0.15, -0.1) is 0 Å². The maximum absolute atomic E-state index is 12.8. The van der Waals surface area contributed by atoms with Gasteiger partial charge in [0.05, 0.1) is 0 Å².